The minimum Gasteiger partial charge on any atom is -0.490 e. The van der Waals surface area contributed by atoms with Crippen molar-refractivity contribution >= 4 is 17.7 Å². The Morgan fingerprint density at radius 2 is 1.76 bits per heavy atom. The maximum absolute atomic E-state index is 13.8. The molecular formula is C30H30N4O4. The number of carbonyl (C=O) groups is 2. The summed E-state index contributed by atoms with van der Waals surface area (Å²) in [4.78, 5) is 39.2. The lowest BCUT2D eigenvalue weighted by atomic mass is 9.91. The molecule has 8 heteroatoms. The van der Waals surface area contributed by atoms with E-state index in [0.717, 1.165) is 61.5 Å². The molecule has 0 N–H and O–H groups in total. The molecule has 3 aliphatic heterocycles. The average molecular weight is 511 g/mol. The van der Waals surface area contributed by atoms with Gasteiger partial charge in [-0.3, -0.25) is 9.78 Å². The summed E-state index contributed by atoms with van der Waals surface area (Å²) < 4.78 is 12.0. The van der Waals surface area contributed by atoms with Gasteiger partial charge in [-0.05, 0) is 42.7 Å². The Kier molecular flexibility index (Phi) is 5.39. The first-order valence-corrected chi connectivity index (χ1v) is 13.5. The second-order valence-electron chi connectivity index (χ2n) is 10.9. The van der Waals surface area contributed by atoms with Crippen LogP contribution in [0.2, 0.25) is 0 Å². The van der Waals surface area contributed by atoms with E-state index in [2.05, 4.69) is 16.0 Å². The van der Waals surface area contributed by atoms with Gasteiger partial charge in [-0.25, -0.2) is 9.78 Å². The summed E-state index contributed by atoms with van der Waals surface area (Å²) >= 11 is 0. The third-order valence-corrected chi connectivity index (χ3v) is 8.62. The molecule has 0 unspecified atom stereocenters. The third kappa shape index (κ3) is 3.81. The molecule has 4 aliphatic rings. The first-order chi connectivity index (χ1) is 18.6. The number of nitrogens with zero attached hydrogens (tertiary/aromatic N) is 4. The van der Waals surface area contributed by atoms with Crippen molar-refractivity contribution in [1.29, 1.82) is 0 Å². The monoisotopic (exact) mass is 510 g/mol. The molecule has 5 heterocycles. The smallest absolute Gasteiger partial charge is 0.339 e. The topological polar surface area (TPSA) is 84.9 Å². The van der Waals surface area contributed by atoms with Crippen molar-refractivity contribution < 1.29 is 19.1 Å². The maximum Gasteiger partial charge on any atom is 0.339 e. The molecular weight excluding hydrogens is 480 g/mol. The number of ether oxygens (including phenoxy) is 2. The van der Waals surface area contributed by atoms with Crippen molar-refractivity contribution in [3.63, 3.8) is 0 Å². The van der Waals surface area contributed by atoms with Gasteiger partial charge in [0.15, 0.2) is 5.60 Å². The molecule has 2 saturated heterocycles. The number of fused-ring (bicyclic) bond motifs is 2. The number of esters is 1. The van der Waals surface area contributed by atoms with Gasteiger partial charge in [0.25, 0.3) is 0 Å². The van der Waals surface area contributed by atoms with Gasteiger partial charge < -0.3 is 19.3 Å². The highest BCUT2D eigenvalue weighted by Gasteiger charge is 2.57. The number of benzene rings is 1. The average Bonchev–Trinajstić information content (AvgIpc) is 3.60. The second kappa shape index (κ2) is 8.82. The van der Waals surface area contributed by atoms with Crippen molar-refractivity contribution in [3.05, 3.63) is 83.8 Å². The quantitative estimate of drug-likeness (QED) is 0.482. The van der Waals surface area contributed by atoms with Crippen LogP contribution in [0.3, 0.4) is 0 Å². The molecule has 1 atom stereocenters. The van der Waals surface area contributed by atoms with Gasteiger partial charge in [0.2, 0.25) is 5.91 Å². The van der Waals surface area contributed by atoms with Crippen LogP contribution < -0.4 is 9.64 Å². The van der Waals surface area contributed by atoms with Crippen LogP contribution in [-0.2, 0) is 20.5 Å². The SMILES string of the molecule is O=C1O[C@]2(CCN(C(=O)C3(c4ccc(N5CCC(Oc6ccncc6)CC5)nc4)CC3)C2)c2ccccc21. The number of carbonyl (C=O) groups excluding carboxylic acids is 2. The lowest BCUT2D eigenvalue weighted by Crippen LogP contribution is -2.40. The number of rotatable bonds is 5. The summed E-state index contributed by atoms with van der Waals surface area (Å²) in [6.07, 6.45) is 9.71. The van der Waals surface area contributed by atoms with Crippen LogP contribution in [0.4, 0.5) is 5.82 Å². The zero-order valence-corrected chi connectivity index (χ0v) is 21.2. The predicted octanol–water partition coefficient (Wildman–Crippen LogP) is 3.85. The number of piperidine rings is 1. The van der Waals surface area contributed by atoms with Crippen LogP contribution in [0.5, 0.6) is 5.75 Å². The van der Waals surface area contributed by atoms with Crippen molar-refractivity contribution in [2.75, 3.05) is 31.1 Å². The standard InChI is InChI=1S/C30H30N4O4/c35-27-24-3-1-2-4-25(24)30(38-27)13-18-34(20-30)28(36)29(11-12-29)21-5-6-26(32-19-21)33-16-9-23(10-17-33)37-22-7-14-31-15-8-22/h1-8,14-15,19,23H,9-13,16-18,20H2/t30-/m0/s1. The largest absolute Gasteiger partial charge is 0.490 e. The van der Waals surface area contributed by atoms with Gasteiger partial charge in [0.05, 0.1) is 17.5 Å². The van der Waals surface area contributed by atoms with E-state index in [9.17, 15) is 9.59 Å². The van der Waals surface area contributed by atoms with Gasteiger partial charge in [-0.1, -0.05) is 24.3 Å². The minimum atomic E-state index is -0.714. The summed E-state index contributed by atoms with van der Waals surface area (Å²) in [6.45, 7) is 2.76. The number of pyridine rings is 2. The fraction of sp³-hybridized carbons (Fsp3) is 0.400. The molecule has 1 aromatic carbocycles. The zero-order chi connectivity index (χ0) is 25.7. The molecule has 1 saturated carbocycles. The molecule has 194 valence electrons. The number of hydrogen-bond acceptors (Lipinski definition) is 7. The summed E-state index contributed by atoms with van der Waals surface area (Å²) in [7, 11) is 0. The zero-order valence-electron chi connectivity index (χ0n) is 21.2. The molecule has 1 aliphatic carbocycles. The van der Waals surface area contributed by atoms with E-state index in [-0.39, 0.29) is 18.0 Å². The van der Waals surface area contributed by atoms with E-state index in [1.54, 1.807) is 12.4 Å². The number of aromatic nitrogens is 2. The lowest BCUT2D eigenvalue weighted by molar-refractivity contribution is -0.134. The summed E-state index contributed by atoms with van der Waals surface area (Å²) in [5, 5.41) is 0. The van der Waals surface area contributed by atoms with E-state index >= 15 is 0 Å². The van der Waals surface area contributed by atoms with E-state index in [1.807, 2.05) is 53.6 Å². The summed E-state index contributed by atoms with van der Waals surface area (Å²) in [5.74, 6) is 1.63. The lowest BCUT2D eigenvalue weighted by Gasteiger charge is -2.33. The van der Waals surface area contributed by atoms with Crippen molar-refractivity contribution in [2.24, 2.45) is 0 Å². The first-order valence-electron chi connectivity index (χ1n) is 13.5. The highest BCUT2D eigenvalue weighted by molar-refractivity contribution is 5.96. The molecule has 1 spiro atoms. The normalized spacial score (nSPS) is 23.8. The van der Waals surface area contributed by atoms with Crippen LogP contribution >= 0.6 is 0 Å². The fourth-order valence-electron chi connectivity index (χ4n) is 6.33. The highest BCUT2D eigenvalue weighted by Crippen LogP contribution is 2.52. The molecule has 7 rings (SSSR count). The fourth-order valence-corrected chi connectivity index (χ4v) is 6.33. The number of amides is 1. The Hall–Kier alpha value is -3.94. The summed E-state index contributed by atoms with van der Waals surface area (Å²) in [6, 6.07) is 15.5. The number of anilines is 1. The van der Waals surface area contributed by atoms with Gasteiger partial charge in [0, 0.05) is 63.1 Å². The second-order valence-corrected chi connectivity index (χ2v) is 10.9. The van der Waals surface area contributed by atoms with Crippen LogP contribution in [-0.4, -0.2) is 59.0 Å². The van der Waals surface area contributed by atoms with Crippen LogP contribution in [0, 0.1) is 0 Å². The molecule has 3 aromatic rings. The molecule has 0 radical (unpaired) electrons. The van der Waals surface area contributed by atoms with Gasteiger partial charge >= 0.3 is 5.97 Å². The van der Waals surface area contributed by atoms with Crippen LogP contribution in [0.1, 0.15) is 53.6 Å². The van der Waals surface area contributed by atoms with Crippen LogP contribution in [0.25, 0.3) is 0 Å². The molecule has 38 heavy (non-hydrogen) atoms. The van der Waals surface area contributed by atoms with Crippen molar-refractivity contribution in [2.45, 2.75) is 49.2 Å². The van der Waals surface area contributed by atoms with Crippen molar-refractivity contribution in [3.8, 4) is 5.75 Å². The predicted molar refractivity (Wildman–Crippen MR) is 140 cm³/mol. The van der Waals surface area contributed by atoms with E-state index in [0.29, 0.717) is 25.1 Å². The molecule has 8 nitrogen and oxygen atoms in total. The Morgan fingerprint density at radius 1 is 0.974 bits per heavy atom. The number of likely N-dealkylation sites (tertiary alicyclic amines) is 1. The van der Waals surface area contributed by atoms with E-state index < -0.39 is 11.0 Å². The Balaban J connectivity index is 1.00. The van der Waals surface area contributed by atoms with E-state index in [1.165, 1.54) is 0 Å². The molecule has 3 fully saturated rings. The van der Waals surface area contributed by atoms with Gasteiger partial charge in [-0.15, -0.1) is 0 Å². The molecule has 2 aromatic heterocycles. The molecule has 1 amide bonds. The Labute approximate surface area is 221 Å². The van der Waals surface area contributed by atoms with Gasteiger partial charge in [0.1, 0.15) is 17.7 Å². The maximum atomic E-state index is 13.8. The van der Waals surface area contributed by atoms with Crippen LogP contribution in [0.15, 0.2) is 67.1 Å². The Morgan fingerprint density at radius 3 is 2.50 bits per heavy atom. The first kappa shape index (κ1) is 23.2. The third-order valence-electron chi connectivity index (χ3n) is 8.62. The highest BCUT2D eigenvalue weighted by atomic mass is 16.6. The summed E-state index contributed by atoms with van der Waals surface area (Å²) in [5.41, 5.74) is 1.29. The number of hydrogen-bond donors (Lipinski definition) is 0. The minimum absolute atomic E-state index is 0.124. The molecule has 0 bridgehead atoms. The van der Waals surface area contributed by atoms with Crippen molar-refractivity contribution in [1.82, 2.24) is 14.9 Å². The van der Waals surface area contributed by atoms with E-state index in [4.69, 9.17) is 14.5 Å². The van der Waals surface area contributed by atoms with Gasteiger partial charge in [-0.2, -0.15) is 0 Å². The Bertz CT molecular complexity index is 1370.